The van der Waals surface area contributed by atoms with E-state index in [0.717, 1.165) is 0 Å². The number of hydrogen-bond donors (Lipinski definition) is 1. The second-order valence-corrected chi connectivity index (χ2v) is 7.98. The van der Waals surface area contributed by atoms with Crippen LogP contribution in [0.4, 0.5) is 0 Å². The Labute approximate surface area is 156 Å². The van der Waals surface area contributed by atoms with Gasteiger partial charge < -0.3 is 19.4 Å². The Hall–Kier alpha value is -1.77. The molecule has 4 atom stereocenters. The zero-order valence-electron chi connectivity index (χ0n) is 15.1. The summed E-state index contributed by atoms with van der Waals surface area (Å²) in [6, 6.07) is -0.0587. The summed E-state index contributed by atoms with van der Waals surface area (Å²) in [6.45, 7) is 7.62. The molecule has 1 saturated heterocycles. The minimum atomic E-state index is -0.743. The molecule has 3 heterocycles. The van der Waals surface area contributed by atoms with Crippen LogP contribution in [-0.4, -0.2) is 49.5 Å². The molecule has 8 nitrogen and oxygen atoms in total. The van der Waals surface area contributed by atoms with Crippen LogP contribution < -0.4 is 5.32 Å². The summed E-state index contributed by atoms with van der Waals surface area (Å²) in [5, 5.41) is 3.30. The Morgan fingerprint density at radius 2 is 2.04 bits per heavy atom. The van der Waals surface area contributed by atoms with Gasteiger partial charge in [-0.25, -0.2) is 15.0 Å². The molecule has 140 valence electrons. The molecule has 0 aromatic carbocycles. The van der Waals surface area contributed by atoms with Crippen LogP contribution in [-0.2, 0) is 14.3 Å². The smallest absolute Gasteiger partial charge is 0.226 e. The average Bonchev–Trinajstić information content (AvgIpc) is 3.17. The molecule has 9 heteroatoms. The second kappa shape index (κ2) is 6.14. The van der Waals surface area contributed by atoms with Crippen molar-refractivity contribution in [3.05, 3.63) is 17.8 Å². The van der Waals surface area contributed by atoms with E-state index in [1.165, 1.54) is 6.33 Å². The lowest BCUT2D eigenvalue weighted by Gasteiger charge is -2.24. The second-order valence-electron chi connectivity index (χ2n) is 7.63. The van der Waals surface area contributed by atoms with Crippen molar-refractivity contribution in [3.8, 4) is 0 Å². The number of carbonyl (C=O) groups is 1. The maximum atomic E-state index is 12.7. The molecular formula is C17H22ClN5O3. The average molecular weight is 380 g/mol. The number of halogens is 1. The van der Waals surface area contributed by atoms with E-state index < -0.39 is 5.79 Å². The molecule has 2 aromatic rings. The topological polar surface area (TPSA) is 91.2 Å². The van der Waals surface area contributed by atoms with E-state index in [-0.39, 0.29) is 36.1 Å². The Morgan fingerprint density at radius 3 is 2.77 bits per heavy atom. The number of hydrogen-bond acceptors (Lipinski definition) is 6. The molecule has 4 rings (SSSR count). The quantitative estimate of drug-likeness (QED) is 0.821. The number of amides is 1. The van der Waals surface area contributed by atoms with E-state index in [4.69, 9.17) is 21.1 Å². The third kappa shape index (κ3) is 2.86. The summed E-state index contributed by atoms with van der Waals surface area (Å²) < 4.78 is 14.1. The summed E-state index contributed by atoms with van der Waals surface area (Å²) in [6.07, 6.45) is 3.10. The number of fused-ring (bicyclic) bond motifs is 2. The first-order valence-corrected chi connectivity index (χ1v) is 9.13. The highest BCUT2D eigenvalue weighted by Gasteiger charge is 2.57. The van der Waals surface area contributed by atoms with Crippen LogP contribution in [0.15, 0.2) is 12.7 Å². The van der Waals surface area contributed by atoms with Gasteiger partial charge in [0.05, 0.1) is 18.3 Å². The van der Waals surface area contributed by atoms with Gasteiger partial charge >= 0.3 is 0 Å². The minimum Gasteiger partial charge on any atom is -0.354 e. The first-order valence-electron chi connectivity index (χ1n) is 8.76. The first kappa shape index (κ1) is 17.6. The normalized spacial score (nSPS) is 30.1. The Morgan fingerprint density at radius 1 is 1.31 bits per heavy atom. The van der Waals surface area contributed by atoms with Gasteiger partial charge in [0.1, 0.15) is 24.1 Å². The Kier molecular flexibility index (Phi) is 4.17. The van der Waals surface area contributed by atoms with E-state index in [9.17, 15) is 4.79 Å². The molecule has 1 N–H and O–H groups in total. The van der Waals surface area contributed by atoms with Gasteiger partial charge in [0.15, 0.2) is 16.6 Å². The summed E-state index contributed by atoms with van der Waals surface area (Å²) >= 11 is 6.12. The van der Waals surface area contributed by atoms with Crippen molar-refractivity contribution < 1.29 is 14.3 Å². The zero-order valence-corrected chi connectivity index (χ0v) is 15.9. The number of aromatic nitrogens is 4. The number of nitrogens with zero attached hydrogens (tertiary/aromatic N) is 4. The molecule has 0 spiro atoms. The van der Waals surface area contributed by atoms with Crippen LogP contribution in [0, 0.1) is 5.92 Å². The summed E-state index contributed by atoms with van der Waals surface area (Å²) in [4.78, 5) is 25.4. The van der Waals surface area contributed by atoms with Crippen LogP contribution >= 0.6 is 11.6 Å². The van der Waals surface area contributed by atoms with Crippen LogP contribution in [0.1, 0.15) is 40.2 Å². The largest absolute Gasteiger partial charge is 0.354 e. The molecule has 2 aliphatic rings. The number of carbonyl (C=O) groups excluding carboxylic acids is 1. The fourth-order valence-corrected chi connectivity index (χ4v) is 4.12. The number of ether oxygens (including phenoxy) is 2. The molecule has 1 aliphatic heterocycles. The lowest BCUT2D eigenvalue weighted by atomic mass is 10.0. The van der Waals surface area contributed by atoms with E-state index >= 15 is 0 Å². The van der Waals surface area contributed by atoms with Gasteiger partial charge in [-0.15, -0.1) is 0 Å². The van der Waals surface area contributed by atoms with Crippen LogP contribution in [0.25, 0.3) is 11.2 Å². The standard InChI is InChI=1S/C17H22ClN5O3/c1-8(2)22-16(24)9-5-10(13-12(9)25-17(3,4)26-13)23-7-21-11-14(18)19-6-20-15(11)23/h6-10,12-13H,5H2,1-4H3,(H,22,24)/t9-,10+,12+,13-/m0/s1. The van der Waals surface area contributed by atoms with E-state index in [1.807, 2.05) is 32.3 Å². The molecule has 2 fully saturated rings. The summed E-state index contributed by atoms with van der Waals surface area (Å²) in [5.41, 5.74) is 1.17. The van der Waals surface area contributed by atoms with Crippen LogP contribution in [0.3, 0.4) is 0 Å². The van der Waals surface area contributed by atoms with Crippen LogP contribution in [0.5, 0.6) is 0 Å². The minimum absolute atomic E-state index is 0.0177. The predicted octanol–water partition coefficient (Wildman–Crippen LogP) is 2.09. The fourth-order valence-electron chi connectivity index (χ4n) is 3.94. The third-order valence-electron chi connectivity index (χ3n) is 4.87. The number of rotatable bonds is 3. The fraction of sp³-hybridized carbons (Fsp3) is 0.647. The molecule has 1 amide bonds. The van der Waals surface area contributed by atoms with Gasteiger partial charge in [-0.2, -0.15) is 0 Å². The van der Waals surface area contributed by atoms with Crippen molar-refractivity contribution in [2.24, 2.45) is 5.92 Å². The van der Waals surface area contributed by atoms with E-state index in [1.54, 1.807) is 6.33 Å². The first-order chi connectivity index (χ1) is 12.3. The highest BCUT2D eigenvalue weighted by molar-refractivity contribution is 6.33. The van der Waals surface area contributed by atoms with E-state index in [2.05, 4.69) is 20.3 Å². The van der Waals surface area contributed by atoms with Crippen molar-refractivity contribution in [1.82, 2.24) is 24.8 Å². The third-order valence-corrected chi connectivity index (χ3v) is 5.15. The predicted molar refractivity (Wildman–Crippen MR) is 94.6 cm³/mol. The van der Waals surface area contributed by atoms with Crippen LogP contribution in [0.2, 0.25) is 5.15 Å². The molecular weight excluding hydrogens is 358 g/mol. The highest BCUT2D eigenvalue weighted by Crippen LogP contribution is 2.47. The summed E-state index contributed by atoms with van der Waals surface area (Å²) in [5.74, 6) is -1.06. The number of nitrogens with one attached hydrogen (secondary N) is 1. The van der Waals surface area contributed by atoms with Gasteiger partial charge in [0.2, 0.25) is 5.91 Å². The molecule has 2 aromatic heterocycles. The van der Waals surface area contributed by atoms with Gasteiger partial charge in [-0.05, 0) is 34.1 Å². The molecule has 0 bridgehead atoms. The molecule has 0 unspecified atom stereocenters. The lowest BCUT2D eigenvalue weighted by Crippen LogP contribution is -2.40. The molecule has 0 radical (unpaired) electrons. The number of imidazole rings is 1. The van der Waals surface area contributed by atoms with Gasteiger partial charge in [-0.1, -0.05) is 11.6 Å². The molecule has 1 saturated carbocycles. The summed E-state index contributed by atoms with van der Waals surface area (Å²) in [7, 11) is 0. The SMILES string of the molecule is CC(C)NC(=O)[C@H]1C[C@@H](n2cnc3c(Cl)ncnc32)[C@@H]2OC(C)(C)O[C@@H]21. The van der Waals surface area contributed by atoms with Crippen molar-refractivity contribution >= 4 is 28.7 Å². The van der Waals surface area contributed by atoms with Gasteiger partial charge in [0, 0.05) is 6.04 Å². The Balaban J connectivity index is 1.72. The molecule has 1 aliphatic carbocycles. The molecule has 26 heavy (non-hydrogen) atoms. The highest BCUT2D eigenvalue weighted by atomic mass is 35.5. The monoisotopic (exact) mass is 379 g/mol. The lowest BCUT2D eigenvalue weighted by molar-refractivity contribution is -0.163. The van der Waals surface area contributed by atoms with Gasteiger partial charge in [0.25, 0.3) is 0 Å². The van der Waals surface area contributed by atoms with Crippen molar-refractivity contribution in [3.63, 3.8) is 0 Å². The Bertz CT molecular complexity index is 852. The van der Waals surface area contributed by atoms with E-state index in [0.29, 0.717) is 22.7 Å². The van der Waals surface area contributed by atoms with Crippen molar-refractivity contribution in [2.45, 2.75) is 64.2 Å². The maximum absolute atomic E-state index is 12.7. The maximum Gasteiger partial charge on any atom is 0.226 e. The van der Waals surface area contributed by atoms with Crippen molar-refractivity contribution in [1.29, 1.82) is 0 Å². The van der Waals surface area contributed by atoms with Crippen molar-refractivity contribution in [2.75, 3.05) is 0 Å². The zero-order chi connectivity index (χ0) is 18.6. The van der Waals surface area contributed by atoms with Gasteiger partial charge in [-0.3, -0.25) is 4.79 Å².